The zero-order chi connectivity index (χ0) is 9.68. The second-order valence-corrected chi connectivity index (χ2v) is 2.34. The van der Waals surface area contributed by atoms with Gasteiger partial charge >= 0.3 is 0 Å². The molecule has 1 heterocycles. The highest BCUT2D eigenvalue weighted by Crippen LogP contribution is 2.12. The number of nitrogens with zero attached hydrogens (tertiary/aromatic N) is 3. The molecule has 13 heavy (non-hydrogen) atoms. The van der Waals surface area contributed by atoms with E-state index < -0.39 is 12.2 Å². The molecule has 1 aromatic rings. The lowest BCUT2D eigenvalue weighted by Gasteiger charge is -1.93. The fourth-order valence-corrected chi connectivity index (χ4v) is 0.812. The molecule has 1 rings (SSSR count). The summed E-state index contributed by atoms with van der Waals surface area (Å²) < 4.78 is 25.4. The molecule has 0 fully saturated rings. The number of halogens is 2. The quantitative estimate of drug-likeness (QED) is 0.670. The van der Waals surface area contributed by atoms with Crippen molar-refractivity contribution in [1.82, 2.24) is 14.8 Å². The van der Waals surface area contributed by atoms with Crippen LogP contribution >= 0.6 is 0 Å². The van der Waals surface area contributed by atoms with E-state index in [4.69, 9.17) is 0 Å². The third kappa shape index (κ3) is 2.82. The Bertz CT molecular complexity index is 322. The molecule has 70 valence electrons. The van der Waals surface area contributed by atoms with Crippen molar-refractivity contribution in [1.29, 1.82) is 0 Å². The van der Waals surface area contributed by atoms with Gasteiger partial charge in [0.25, 0.3) is 6.43 Å². The molecule has 0 aliphatic rings. The summed E-state index contributed by atoms with van der Waals surface area (Å²) in [5.74, 6) is 5.09. The van der Waals surface area contributed by atoms with Gasteiger partial charge in [0.2, 0.25) is 5.82 Å². The largest absolute Gasteiger partial charge is 0.299 e. The predicted molar refractivity (Wildman–Crippen MR) is 43.0 cm³/mol. The molecule has 0 spiro atoms. The van der Waals surface area contributed by atoms with Gasteiger partial charge in [0.05, 0.1) is 6.54 Å². The van der Waals surface area contributed by atoms with Crippen LogP contribution in [0.3, 0.4) is 0 Å². The van der Waals surface area contributed by atoms with Crippen LogP contribution in [0.4, 0.5) is 8.78 Å². The lowest BCUT2D eigenvalue weighted by Crippen LogP contribution is -1.98. The summed E-state index contributed by atoms with van der Waals surface area (Å²) >= 11 is 0. The van der Waals surface area contributed by atoms with Crippen LogP contribution < -0.4 is 0 Å². The van der Waals surface area contributed by atoms with Crippen LogP contribution in [0.5, 0.6) is 0 Å². The van der Waals surface area contributed by atoms with Gasteiger partial charge in [0, 0.05) is 6.42 Å². The monoisotopic (exact) mass is 185 g/mol. The third-order valence-corrected chi connectivity index (χ3v) is 1.39. The maximum atomic E-state index is 12.0. The molecule has 3 nitrogen and oxygen atoms in total. The molecular formula is C8H9F2N3. The van der Waals surface area contributed by atoms with E-state index in [1.807, 2.05) is 0 Å². The number of hydrogen-bond acceptors (Lipinski definition) is 2. The fraction of sp³-hybridized carbons (Fsp3) is 0.500. The highest BCUT2D eigenvalue weighted by atomic mass is 19.3. The van der Waals surface area contributed by atoms with Gasteiger partial charge in [-0.3, -0.25) is 4.68 Å². The van der Waals surface area contributed by atoms with Crippen molar-refractivity contribution in [2.24, 2.45) is 0 Å². The Balaban J connectivity index is 2.52. The summed E-state index contributed by atoms with van der Waals surface area (Å²) in [7, 11) is 0. The summed E-state index contributed by atoms with van der Waals surface area (Å²) in [5.41, 5.74) is 0. The molecule has 0 atom stereocenters. The smallest absolute Gasteiger partial charge is 0.252 e. The van der Waals surface area contributed by atoms with Crippen LogP contribution in [0.15, 0.2) is 6.33 Å². The van der Waals surface area contributed by atoms with Crippen molar-refractivity contribution in [3.63, 3.8) is 0 Å². The molecule has 5 heteroatoms. The van der Waals surface area contributed by atoms with Gasteiger partial charge in [0.15, 0.2) is 0 Å². The minimum atomic E-state index is -2.60. The molecule has 0 aromatic carbocycles. The topological polar surface area (TPSA) is 30.7 Å². The number of alkyl halides is 2. The summed E-state index contributed by atoms with van der Waals surface area (Å²) in [5, 5.41) is 3.57. The first-order valence-electron chi connectivity index (χ1n) is 3.81. The van der Waals surface area contributed by atoms with Crippen molar-refractivity contribution < 1.29 is 8.78 Å². The molecule has 1 aromatic heterocycles. The van der Waals surface area contributed by atoms with Gasteiger partial charge in [-0.1, -0.05) is 0 Å². The standard InChI is InChI=1S/C8H9F2N3/c1-2-3-4-5-13-6-11-8(12-13)7(9)10/h6-7H,4-5H2,1H3. The molecule has 0 aliphatic carbocycles. The summed E-state index contributed by atoms with van der Waals surface area (Å²) in [4.78, 5) is 3.45. The van der Waals surface area contributed by atoms with Crippen molar-refractivity contribution in [3.8, 4) is 11.8 Å². The molecule has 0 aliphatic heterocycles. The van der Waals surface area contributed by atoms with Gasteiger partial charge in [-0.15, -0.1) is 16.9 Å². The predicted octanol–water partition coefficient (Wildman–Crippen LogP) is 1.63. The summed E-state index contributed by atoms with van der Waals surface area (Å²) in [6, 6.07) is 0. The first kappa shape index (κ1) is 9.65. The van der Waals surface area contributed by atoms with Crippen molar-refractivity contribution in [2.75, 3.05) is 0 Å². The highest BCUT2D eigenvalue weighted by Gasteiger charge is 2.11. The van der Waals surface area contributed by atoms with Crippen molar-refractivity contribution >= 4 is 0 Å². The van der Waals surface area contributed by atoms with Crippen LogP contribution in [0.1, 0.15) is 25.6 Å². The van der Waals surface area contributed by atoms with Gasteiger partial charge in [-0.2, -0.15) is 0 Å². The number of rotatable bonds is 3. The zero-order valence-corrected chi connectivity index (χ0v) is 7.17. The van der Waals surface area contributed by atoms with E-state index in [1.54, 1.807) is 6.92 Å². The summed E-state index contributed by atoms with van der Waals surface area (Å²) in [6.45, 7) is 2.23. The normalized spacial score (nSPS) is 9.85. The van der Waals surface area contributed by atoms with Gasteiger partial charge < -0.3 is 0 Å². The van der Waals surface area contributed by atoms with Gasteiger partial charge in [0.1, 0.15) is 6.33 Å². The van der Waals surface area contributed by atoms with E-state index in [2.05, 4.69) is 21.9 Å². The van der Waals surface area contributed by atoms with Crippen LogP contribution in [0.25, 0.3) is 0 Å². The Morgan fingerprint density at radius 1 is 1.62 bits per heavy atom. The molecule has 0 saturated heterocycles. The molecule has 0 bridgehead atoms. The number of aryl methyl sites for hydroxylation is 1. The zero-order valence-electron chi connectivity index (χ0n) is 7.17. The third-order valence-electron chi connectivity index (χ3n) is 1.39. The van der Waals surface area contributed by atoms with E-state index >= 15 is 0 Å². The fourth-order valence-electron chi connectivity index (χ4n) is 0.812. The average Bonchev–Trinajstić information content (AvgIpc) is 2.53. The molecule has 0 unspecified atom stereocenters. The van der Waals surface area contributed by atoms with E-state index in [0.717, 1.165) is 0 Å². The Kier molecular flexibility index (Phi) is 3.38. The van der Waals surface area contributed by atoms with Gasteiger partial charge in [-0.25, -0.2) is 13.8 Å². The van der Waals surface area contributed by atoms with E-state index in [-0.39, 0.29) is 0 Å². The van der Waals surface area contributed by atoms with Crippen molar-refractivity contribution in [2.45, 2.75) is 26.3 Å². The summed E-state index contributed by atoms with van der Waals surface area (Å²) in [6.07, 6.45) is -0.708. The highest BCUT2D eigenvalue weighted by molar-refractivity contribution is 4.94. The van der Waals surface area contributed by atoms with E-state index in [1.165, 1.54) is 11.0 Å². The second kappa shape index (κ2) is 4.55. The van der Waals surface area contributed by atoms with Crippen LogP contribution in [0, 0.1) is 11.8 Å². The average molecular weight is 185 g/mol. The first-order chi connectivity index (χ1) is 6.24. The maximum absolute atomic E-state index is 12.0. The van der Waals surface area contributed by atoms with E-state index in [9.17, 15) is 8.78 Å². The van der Waals surface area contributed by atoms with Crippen LogP contribution in [-0.4, -0.2) is 14.8 Å². The Hall–Kier alpha value is -1.44. The molecule has 0 amide bonds. The van der Waals surface area contributed by atoms with E-state index in [0.29, 0.717) is 13.0 Å². The lowest BCUT2D eigenvalue weighted by molar-refractivity contribution is 0.140. The first-order valence-corrected chi connectivity index (χ1v) is 3.81. The lowest BCUT2D eigenvalue weighted by atomic mass is 10.4. The SMILES string of the molecule is CC#CCCn1cnc(C(F)F)n1. The maximum Gasteiger partial charge on any atom is 0.299 e. The minimum Gasteiger partial charge on any atom is -0.252 e. The van der Waals surface area contributed by atoms with Crippen molar-refractivity contribution in [3.05, 3.63) is 12.2 Å². The Morgan fingerprint density at radius 2 is 2.38 bits per heavy atom. The minimum absolute atomic E-state index is 0.426. The molecule has 0 saturated carbocycles. The number of hydrogen-bond donors (Lipinski definition) is 0. The second-order valence-electron chi connectivity index (χ2n) is 2.34. The molecular weight excluding hydrogens is 176 g/mol. The Labute approximate surface area is 74.8 Å². The van der Waals surface area contributed by atoms with Crippen LogP contribution in [-0.2, 0) is 6.54 Å². The van der Waals surface area contributed by atoms with Gasteiger partial charge in [-0.05, 0) is 6.92 Å². The molecule has 0 N–H and O–H groups in total. The number of aromatic nitrogens is 3. The Morgan fingerprint density at radius 3 is 2.92 bits per heavy atom. The van der Waals surface area contributed by atoms with Crippen LogP contribution in [0.2, 0.25) is 0 Å². The molecule has 0 radical (unpaired) electrons.